The SMILES string of the molecule is Cc1nn(C)cc1CN1CCC2(CC1)C[C@@H]2C(=O)NCC1(c2ccccc2)CCCC1. The predicted molar refractivity (Wildman–Crippen MR) is 123 cm³/mol. The van der Waals surface area contributed by atoms with Gasteiger partial charge in [0.15, 0.2) is 0 Å². The summed E-state index contributed by atoms with van der Waals surface area (Å²) in [6.45, 7) is 6.05. The molecule has 2 aliphatic carbocycles. The average Bonchev–Trinajstić information content (AvgIpc) is 3.10. The fourth-order valence-corrected chi connectivity index (χ4v) is 6.26. The molecule has 1 amide bonds. The highest BCUT2D eigenvalue weighted by Gasteiger charge is 2.58. The first-order chi connectivity index (χ1) is 15.0. The normalized spacial score (nSPS) is 24.4. The number of nitrogens with zero attached hydrogens (tertiary/aromatic N) is 3. The molecular weight excluding hydrogens is 384 g/mol. The third-order valence-corrected chi connectivity index (χ3v) is 8.41. The Balaban J connectivity index is 1.14. The summed E-state index contributed by atoms with van der Waals surface area (Å²) >= 11 is 0. The lowest BCUT2D eigenvalue weighted by Crippen LogP contribution is -2.41. The molecule has 1 spiro atoms. The van der Waals surface area contributed by atoms with Gasteiger partial charge in [0.2, 0.25) is 5.91 Å². The standard InChI is InChI=1S/C26H36N4O/c1-20-21(17-29(2)28-20)18-30-14-12-25(13-15-30)16-23(25)24(31)27-19-26(10-6-7-11-26)22-8-4-3-5-9-22/h3-5,8-9,17,23H,6-7,10-16,18-19H2,1-2H3,(H,27,31)/t23-/m1/s1. The van der Waals surface area contributed by atoms with Gasteiger partial charge in [-0.3, -0.25) is 14.4 Å². The molecule has 2 saturated carbocycles. The van der Waals surface area contributed by atoms with E-state index in [0.717, 1.165) is 51.1 Å². The summed E-state index contributed by atoms with van der Waals surface area (Å²) in [6, 6.07) is 10.8. The van der Waals surface area contributed by atoms with Gasteiger partial charge in [-0.15, -0.1) is 0 Å². The zero-order valence-corrected chi connectivity index (χ0v) is 19.1. The molecule has 1 atom stereocenters. The third-order valence-electron chi connectivity index (χ3n) is 8.41. The van der Waals surface area contributed by atoms with Crippen LogP contribution in [-0.4, -0.2) is 40.2 Å². The molecule has 0 bridgehead atoms. The maximum atomic E-state index is 13.1. The van der Waals surface area contributed by atoms with E-state index in [1.165, 1.54) is 36.8 Å². The Bertz CT molecular complexity index is 920. The number of carbonyl (C=O) groups excluding carboxylic acids is 1. The van der Waals surface area contributed by atoms with Crippen LogP contribution in [0.25, 0.3) is 0 Å². The lowest BCUT2D eigenvalue weighted by molar-refractivity contribution is -0.123. The molecule has 3 aliphatic rings. The van der Waals surface area contributed by atoms with Crippen molar-refractivity contribution in [1.82, 2.24) is 20.0 Å². The minimum atomic E-state index is 0.143. The molecule has 0 unspecified atom stereocenters. The van der Waals surface area contributed by atoms with Crippen molar-refractivity contribution in [1.29, 1.82) is 0 Å². The van der Waals surface area contributed by atoms with E-state index in [4.69, 9.17) is 0 Å². The van der Waals surface area contributed by atoms with Crippen LogP contribution < -0.4 is 5.32 Å². The van der Waals surface area contributed by atoms with Gasteiger partial charge in [0, 0.05) is 43.2 Å². The fraction of sp³-hybridized carbons (Fsp3) is 0.615. The number of nitrogens with one attached hydrogen (secondary N) is 1. The molecule has 1 N–H and O–H groups in total. The lowest BCUT2D eigenvalue weighted by Gasteiger charge is -2.33. The number of benzene rings is 1. The molecule has 2 heterocycles. The van der Waals surface area contributed by atoms with Gasteiger partial charge in [-0.1, -0.05) is 43.2 Å². The Labute approximate surface area is 186 Å². The number of piperidine rings is 1. The van der Waals surface area contributed by atoms with Crippen LogP contribution in [0.3, 0.4) is 0 Å². The van der Waals surface area contributed by atoms with E-state index < -0.39 is 0 Å². The fourth-order valence-electron chi connectivity index (χ4n) is 6.26. The maximum absolute atomic E-state index is 13.1. The summed E-state index contributed by atoms with van der Waals surface area (Å²) in [5.41, 5.74) is 4.26. The van der Waals surface area contributed by atoms with Crippen LogP contribution in [-0.2, 0) is 23.8 Å². The summed E-state index contributed by atoms with van der Waals surface area (Å²) in [5.74, 6) is 0.530. The minimum absolute atomic E-state index is 0.143. The van der Waals surface area contributed by atoms with Gasteiger partial charge in [0.25, 0.3) is 0 Å². The highest BCUT2D eigenvalue weighted by molar-refractivity contribution is 5.82. The highest BCUT2D eigenvalue weighted by Crippen LogP contribution is 2.59. The first kappa shape index (κ1) is 20.7. The van der Waals surface area contributed by atoms with Crippen molar-refractivity contribution in [3.8, 4) is 0 Å². The van der Waals surface area contributed by atoms with Crippen LogP contribution in [0.4, 0.5) is 0 Å². The van der Waals surface area contributed by atoms with Gasteiger partial charge < -0.3 is 5.32 Å². The Kier molecular flexibility index (Phi) is 5.41. The molecule has 5 heteroatoms. The highest BCUT2D eigenvalue weighted by atomic mass is 16.2. The smallest absolute Gasteiger partial charge is 0.223 e. The number of hydrogen-bond donors (Lipinski definition) is 1. The first-order valence-electron chi connectivity index (χ1n) is 12.0. The number of amides is 1. The second-order valence-corrected chi connectivity index (χ2v) is 10.4. The third kappa shape index (κ3) is 4.05. The van der Waals surface area contributed by atoms with Crippen molar-refractivity contribution in [2.75, 3.05) is 19.6 Å². The van der Waals surface area contributed by atoms with Gasteiger partial charge in [0.1, 0.15) is 0 Å². The van der Waals surface area contributed by atoms with E-state index in [1.807, 2.05) is 11.7 Å². The molecule has 5 nitrogen and oxygen atoms in total. The van der Waals surface area contributed by atoms with Gasteiger partial charge in [-0.2, -0.15) is 5.10 Å². The van der Waals surface area contributed by atoms with E-state index in [0.29, 0.717) is 5.91 Å². The number of aromatic nitrogens is 2. The summed E-state index contributed by atoms with van der Waals surface area (Å²) in [4.78, 5) is 15.6. The van der Waals surface area contributed by atoms with Gasteiger partial charge in [-0.05, 0) is 63.1 Å². The van der Waals surface area contributed by atoms with E-state index in [2.05, 4.69) is 58.8 Å². The average molecular weight is 421 g/mol. The van der Waals surface area contributed by atoms with Crippen LogP contribution in [0.2, 0.25) is 0 Å². The number of hydrogen-bond acceptors (Lipinski definition) is 3. The van der Waals surface area contributed by atoms with Gasteiger partial charge >= 0.3 is 0 Å². The van der Waals surface area contributed by atoms with Crippen molar-refractivity contribution in [2.45, 2.75) is 63.8 Å². The zero-order chi connectivity index (χ0) is 21.5. The molecule has 31 heavy (non-hydrogen) atoms. The predicted octanol–water partition coefficient (Wildman–Crippen LogP) is 3.96. The van der Waals surface area contributed by atoms with Crippen LogP contribution in [0.1, 0.15) is 61.8 Å². The molecule has 0 radical (unpaired) electrons. The van der Waals surface area contributed by atoms with Crippen molar-refractivity contribution in [3.63, 3.8) is 0 Å². The Morgan fingerprint density at radius 3 is 2.48 bits per heavy atom. The Morgan fingerprint density at radius 2 is 1.84 bits per heavy atom. The van der Waals surface area contributed by atoms with Crippen molar-refractivity contribution < 1.29 is 4.79 Å². The Morgan fingerprint density at radius 1 is 1.13 bits per heavy atom. The molecule has 5 rings (SSSR count). The molecule has 1 saturated heterocycles. The molecule has 1 aliphatic heterocycles. The molecule has 1 aromatic carbocycles. The number of carbonyl (C=O) groups is 1. The molecular formula is C26H36N4O. The van der Waals surface area contributed by atoms with Crippen LogP contribution in [0.5, 0.6) is 0 Å². The van der Waals surface area contributed by atoms with Crippen LogP contribution >= 0.6 is 0 Å². The van der Waals surface area contributed by atoms with Gasteiger partial charge in [-0.25, -0.2) is 0 Å². The van der Waals surface area contributed by atoms with E-state index >= 15 is 0 Å². The molecule has 2 aromatic rings. The number of rotatable bonds is 6. The van der Waals surface area contributed by atoms with E-state index in [-0.39, 0.29) is 16.7 Å². The monoisotopic (exact) mass is 420 g/mol. The molecule has 166 valence electrons. The quantitative estimate of drug-likeness (QED) is 0.770. The van der Waals surface area contributed by atoms with Crippen molar-refractivity contribution in [2.24, 2.45) is 18.4 Å². The maximum Gasteiger partial charge on any atom is 0.223 e. The number of aryl methyl sites for hydroxylation is 2. The first-order valence-corrected chi connectivity index (χ1v) is 12.0. The van der Waals surface area contributed by atoms with Crippen molar-refractivity contribution >= 4 is 5.91 Å². The van der Waals surface area contributed by atoms with Gasteiger partial charge in [0.05, 0.1) is 5.69 Å². The van der Waals surface area contributed by atoms with Crippen LogP contribution in [0, 0.1) is 18.3 Å². The summed E-state index contributed by atoms with van der Waals surface area (Å²) in [5, 5.41) is 7.87. The summed E-state index contributed by atoms with van der Waals surface area (Å²) in [7, 11) is 1.99. The second kappa shape index (κ2) is 8.09. The summed E-state index contributed by atoms with van der Waals surface area (Å²) in [6.07, 6.45) is 10.4. The lowest BCUT2D eigenvalue weighted by atomic mass is 9.78. The van der Waals surface area contributed by atoms with Crippen molar-refractivity contribution in [3.05, 3.63) is 53.3 Å². The van der Waals surface area contributed by atoms with E-state index in [9.17, 15) is 4.79 Å². The summed E-state index contributed by atoms with van der Waals surface area (Å²) < 4.78 is 1.91. The second-order valence-electron chi connectivity index (χ2n) is 10.4. The zero-order valence-electron chi connectivity index (χ0n) is 19.1. The van der Waals surface area contributed by atoms with E-state index in [1.54, 1.807) is 0 Å². The largest absolute Gasteiger partial charge is 0.355 e. The molecule has 3 fully saturated rings. The Hall–Kier alpha value is -2.14. The minimum Gasteiger partial charge on any atom is -0.355 e. The number of likely N-dealkylation sites (tertiary alicyclic amines) is 1. The topological polar surface area (TPSA) is 50.2 Å². The van der Waals surface area contributed by atoms with Crippen LogP contribution in [0.15, 0.2) is 36.5 Å². The molecule has 1 aromatic heterocycles.